The van der Waals surface area contributed by atoms with E-state index in [1.165, 1.54) is 5.56 Å². The molecule has 0 amide bonds. The van der Waals surface area contributed by atoms with Crippen molar-refractivity contribution in [2.24, 2.45) is 7.05 Å². The minimum absolute atomic E-state index is 0.226. The van der Waals surface area contributed by atoms with Crippen LogP contribution in [0.2, 0.25) is 0 Å². The smallest absolute Gasteiger partial charge is 0.0534 e. The summed E-state index contributed by atoms with van der Waals surface area (Å²) in [6.07, 6.45) is 5.10. The van der Waals surface area contributed by atoms with E-state index >= 15 is 0 Å². The van der Waals surface area contributed by atoms with Crippen molar-refractivity contribution in [3.05, 3.63) is 18.0 Å². The molecule has 0 saturated carbocycles. The van der Waals surface area contributed by atoms with E-state index in [0.29, 0.717) is 0 Å². The number of aromatic nitrogens is 2. The van der Waals surface area contributed by atoms with E-state index in [-0.39, 0.29) is 5.54 Å². The molecule has 1 rings (SSSR count). The zero-order valence-electron chi connectivity index (χ0n) is 10.9. The molecular weight excluding hydrogens is 200 g/mol. The fourth-order valence-electron chi connectivity index (χ4n) is 1.47. The molecule has 92 valence electrons. The predicted octanol–water partition coefficient (Wildman–Crippen LogP) is 1.29. The van der Waals surface area contributed by atoms with Crippen LogP contribution < -0.4 is 10.6 Å². The summed E-state index contributed by atoms with van der Waals surface area (Å²) >= 11 is 0. The van der Waals surface area contributed by atoms with Gasteiger partial charge in [-0.3, -0.25) is 4.68 Å². The Morgan fingerprint density at radius 3 is 2.62 bits per heavy atom. The van der Waals surface area contributed by atoms with Crippen LogP contribution in [0.25, 0.3) is 0 Å². The highest BCUT2D eigenvalue weighted by Crippen LogP contribution is 1.98. The summed E-state index contributed by atoms with van der Waals surface area (Å²) in [7, 11) is 1.94. The molecule has 4 nitrogen and oxygen atoms in total. The van der Waals surface area contributed by atoms with Crippen LogP contribution in [0.3, 0.4) is 0 Å². The second kappa shape index (κ2) is 6.01. The van der Waals surface area contributed by atoms with E-state index in [1.807, 2.05) is 24.1 Å². The maximum Gasteiger partial charge on any atom is 0.0534 e. The van der Waals surface area contributed by atoms with Gasteiger partial charge in [-0.25, -0.2) is 0 Å². The Hall–Kier alpha value is -0.870. The molecule has 2 N–H and O–H groups in total. The lowest BCUT2D eigenvalue weighted by Gasteiger charge is -2.20. The van der Waals surface area contributed by atoms with Crippen LogP contribution in [0, 0.1) is 0 Å². The molecule has 0 fully saturated rings. The summed E-state index contributed by atoms with van der Waals surface area (Å²) < 4.78 is 1.83. The van der Waals surface area contributed by atoms with Crippen LogP contribution in [-0.4, -0.2) is 28.4 Å². The number of nitrogens with zero attached hydrogens (tertiary/aromatic N) is 2. The average molecular weight is 224 g/mol. The first-order valence-corrected chi connectivity index (χ1v) is 5.91. The lowest BCUT2D eigenvalue weighted by Crippen LogP contribution is -2.37. The Morgan fingerprint density at radius 2 is 2.06 bits per heavy atom. The third kappa shape index (κ3) is 5.88. The molecule has 0 aliphatic rings. The molecule has 16 heavy (non-hydrogen) atoms. The van der Waals surface area contributed by atoms with Crippen LogP contribution in [-0.2, 0) is 13.6 Å². The molecule has 0 atom stereocenters. The molecule has 0 saturated heterocycles. The van der Waals surface area contributed by atoms with Crippen molar-refractivity contribution in [2.45, 2.75) is 39.3 Å². The first kappa shape index (κ1) is 13.2. The lowest BCUT2D eigenvalue weighted by molar-refractivity contribution is 0.418. The van der Waals surface area contributed by atoms with Crippen molar-refractivity contribution in [2.75, 3.05) is 13.1 Å². The quantitative estimate of drug-likeness (QED) is 0.715. The molecule has 0 bridgehead atoms. The minimum Gasteiger partial charge on any atom is -0.313 e. The first-order valence-electron chi connectivity index (χ1n) is 5.91. The molecule has 0 unspecified atom stereocenters. The van der Waals surface area contributed by atoms with E-state index in [0.717, 1.165) is 26.1 Å². The third-order valence-electron chi connectivity index (χ3n) is 2.27. The topological polar surface area (TPSA) is 41.9 Å². The standard InChI is InChI=1S/C12H24N4/c1-12(2,3)14-7-5-6-13-8-11-9-15-16(4)10-11/h9-10,13-14H,5-8H2,1-4H3. The largest absolute Gasteiger partial charge is 0.313 e. The maximum atomic E-state index is 4.13. The molecule has 0 aromatic carbocycles. The van der Waals surface area contributed by atoms with Gasteiger partial charge in [-0.05, 0) is 40.3 Å². The fourth-order valence-corrected chi connectivity index (χ4v) is 1.47. The van der Waals surface area contributed by atoms with Crippen molar-refractivity contribution < 1.29 is 0 Å². The van der Waals surface area contributed by atoms with E-state index in [1.54, 1.807) is 0 Å². The maximum absolute atomic E-state index is 4.13. The van der Waals surface area contributed by atoms with Gasteiger partial charge in [0.2, 0.25) is 0 Å². The molecule has 0 radical (unpaired) electrons. The Balaban J connectivity index is 2.00. The van der Waals surface area contributed by atoms with Crippen molar-refractivity contribution >= 4 is 0 Å². The van der Waals surface area contributed by atoms with E-state index in [9.17, 15) is 0 Å². The summed E-state index contributed by atoms with van der Waals surface area (Å²) in [6.45, 7) is 9.58. The number of hydrogen-bond donors (Lipinski definition) is 2. The van der Waals surface area contributed by atoms with E-state index < -0.39 is 0 Å². The fraction of sp³-hybridized carbons (Fsp3) is 0.750. The van der Waals surface area contributed by atoms with Gasteiger partial charge in [-0.1, -0.05) is 0 Å². The van der Waals surface area contributed by atoms with Crippen molar-refractivity contribution in [3.63, 3.8) is 0 Å². The molecule has 1 heterocycles. The third-order valence-corrected chi connectivity index (χ3v) is 2.27. The molecule has 0 aliphatic carbocycles. The summed E-state index contributed by atoms with van der Waals surface area (Å²) in [6, 6.07) is 0. The predicted molar refractivity (Wildman–Crippen MR) is 67.3 cm³/mol. The van der Waals surface area contributed by atoms with E-state index in [4.69, 9.17) is 0 Å². The Labute approximate surface area is 98.4 Å². The van der Waals surface area contributed by atoms with Crippen molar-refractivity contribution in [3.8, 4) is 0 Å². The number of nitrogens with one attached hydrogen (secondary N) is 2. The second-order valence-electron chi connectivity index (χ2n) is 5.23. The number of aryl methyl sites for hydroxylation is 1. The summed E-state index contributed by atoms with van der Waals surface area (Å²) in [4.78, 5) is 0. The van der Waals surface area contributed by atoms with Gasteiger partial charge < -0.3 is 10.6 Å². The zero-order chi connectivity index (χ0) is 12.0. The van der Waals surface area contributed by atoms with Gasteiger partial charge in [0, 0.05) is 30.9 Å². The minimum atomic E-state index is 0.226. The SMILES string of the molecule is Cn1cc(CNCCCNC(C)(C)C)cn1. The van der Waals surface area contributed by atoms with Gasteiger partial charge in [0.1, 0.15) is 0 Å². The summed E-state index contributed by atoms with van der Waals surface area (Å²) in [5.41, 5.74) is 1.47. The molecule has 1 aromatic heterocycles. The van der Waals surface area contributed by atoms with Crippen LogP contribution in [0.5, 0.6) is 0 Å². The van der Waals surface area contributed by atoms with Gasteiger partial charge in [0.05, 0.1) is 6.20 Å². The van der Waals surface area contributed by atoms with E-state index in [2.05, 4.69) is 36.5 Å². The summed E-state index contributed by atoms with van der Waals surface area (Å²) in [5.74, 6) is 0. The lowest BCUT2D eigenvalue weighted by atomic mass is 10.1. The molecule has 0 spiro atoms. The Bertz CT molecular complexity index is 298. The Morgan fingerprint density at radius 1 is 1.31 bits per heavy atom. The highest BCUT2D eigenvalue weighted by Gasteiger charge is 2.06. The Kier molecular flexibility index (Phi) is 4.96. The van der Waals surface area contributed by atoms with Gasteiger partial charge in [0.25, 0.3) is 0 Å². The number of hydrogen-bond acceptors (Lipinski definition) is 3. The molecule has 0 aliphatic heterocycles. The molecular formula is C12H24N4. The molecule has 4 heteroatoms. The summed E-state index contributed by atoms with van der Waals surface area (Å²) in [5, 5.41) is 11.0. The highest BCUT2D eigenvalue weighted by atomic mass is 15.2. The van der Waals surface area contributed by atoms with Gasteiger partial charge in [0.15, 0.2) is 0 Å². The van der Waals surface area contributed by atoms with Crippen LogP contribution >= 0.6 is 0 Å². The number of rotatable bonds is 6. The van der Waals surface area contributed by atoms with Crippen molar-refractivity contribution in [1.82, 2.24) is 20.4 Å². The average Bonchev–Trinajstić information content (AvgIpc) is 2.56. The second-order valence-corrected chi connectivity index (χ2v) is 5.23. The van der Waals surface area contributed by atoms with Crippen LogP contribution in [0.4, 0.5) is 0 Å². The molecule has 1 aromatic rings. The first-order chi connectivity index (χ1) is 7.47. The van der Waals surface area contributed by atoms with Gasteiger partial charge in [-0.15, -0.1) is 0 Å². The zero-order valence-corrected chi connectivity index (χ0v) is 10.9. The normalized spacial score (nSPS) is 12.0. The monoisotopic (exact) mass is 224 g/mol. The van der Waals surface area contributed by atoms with Crippen molar-refractivity contribution in [1.29, 1.82) is 0 Å². The van der Waals surface area contributed by atoms with Crippen LogP contribution in [0.15, 0.2) is 12.4 Å². The van der Waals surface area contributed by atoms with Gasteiger partial charge in [-0.2, -0.15) is 5.10 Å². The van der Waals surface area contributed by atoms with Gasteiger partial charge >= 0.3 is 0 Å². The highest BCUT2D eigenvalue weighted by molar-refractivity contribution is 5.02. The van der Waals surface area contributed by atoms with Crippen LogP contribution in [0.1, 0.15) is 32.8 Å².